The van der Waals surface area contributed by atoms with E-state index >= 15 is 0 Å². The van der Waals surface area contributed by atoms with Crippen molar-refractivity contribution in [2.75, 3.05) is 0 Å². The summed E-state index contributed by atoms with van der Waals surface area (Å²) in [5.74, 6) is -12.9. The Balaban J connectivity index is -0.000000223. The molecule has 1 saturated heterocycles. The molecular formula is C38H61NO23. The van der Waals surface area contributed by atoms with Gasteiger partial charge in [-0.2, -0.15) is 0 Å². The number of amides is 1. The van der Waals surface area contributed by atoms with Gasteiger partial charge >= 0.3 is 53.7 Å². The Hall–Kier alpha value is -6.14. The highest BCUT2D eigenvalue weighted by Gasteiger charge is 2.33. The molecule has 0 saturated carbocycles. The number of Topliss-reactive ketones (excluding diaryl/α,β-unsaturated/α-hetero) is 1. The number of carboxylic acid groups (broad SMARTS) is 7. The third kappa shape index (κ3) is 38.1. The molecule has 1 aliphatic heterocycles. The van der Waals surface area contributed by atoms with Crippen molar-refractivity contribution in [2.24, 2.45) is 29.6 Å². The van der Waals surface area contributed by atoms with Gasteiger partial charge in [0.25, 0.3) is 0 Å². The second kappa shape index (κ2) is 36.7. The molecule has 0 spiro atoms. The van der Waals surface area contributed by atoms with Crippen molar-refractivity contribution in [3.05, 3.63) is 12.2 Å². The van der Waals surface area contributed by atoms with Crippen LogP contribution >= 0.6 is 0 Å². The fourth-order valence-corrected chi connectivity index (χ4v) is 4.86. The maximum absolute atomic E-state index is 10.8. The van der Waals surface area contributed by atoms with Crippen molar-refractivity contribution >= 4 is 71.7 Å². The molecule has 1 amide bonds. The van der Waals surface area contributed by atoms with Gasteiger partial charge in [0.05, 0.1) is 30.1 Å². The van der Waals surface area contributed by atoms with Crippen LogP contribution in [0.15, 0.2) is 12.2 Å². The molecule has 24 nitrogen and oxygen atoms in total. The average molecular weight is 900 g/mol. The molecule has 5 unspecified atom stereocenters. The van der Waals surface area contributed by atoms with Crippen molar-refractivity contribution in [1.82, 2.24) is 5.48 Å². The van der Waals surface area contributed by atoms with Gasteiger partial charge in [-0.05, 0) is 64.7 Å². The van der Waals surface area contributed by atoms with Crippen LogP contribution in [0.2, 0.25) is 0 Å². The maximum atomic E-state index is 10.8. The summed E-state index contributed by atoms with van der Waals surface area (Å²) in [7, 11) is 0. The number of esters is 2. The highest BCUT2D eigenvalue weighted by atomic mass is 16.6. The number of carbonyl (C=O) groups is 12. The zero-order chi connectivity index (χ0) is 47.7. The second-order valence-electron chi connectivity index (χ2n) is 13.4. The summed E-state index contributed by atoms with van der Waals surface area (Å²) < 4.78 is 4.24. The summed E-state index contributed by atoms with van der Waals surface area (Å²) >= 11 is 0. The van der Waals surface area contributed by atoms with Crippen molar-refractivity contribution in [3.8, 4) is 0 Å². The molecule has 2 aliphatic rings. The quantitative estimate of drug-likeness (QED) is 0.0133. The molecule has 0 radical (unpaired) electrons. The SMILES string of the molecule is C.CC(=O)CC(CCC(=O)O)C(=O)O.O=C(O)CCC(CC(=O)NO)C(=O)O.O=C(O)CCC(CCC(O)O)C(=O)O.O=C(O)CCC1CC(=O)OC1=O.O=CC1CC=CCC1.[HH]. The van der Waals surface area contributed by atoms with E-state index in [9.17, 15) is 57.5 Å². The van der Waals surface area contributed by atoms with Gasteiger partial charge in [-0.25, -0.2) is 5.48 Å². The first-order valence-corrected chi connectivity index (χ1v) is 18.5. The van der Waals surface area contributed by atoms with Crippen LogP contribution in [0, 0.1) is 29.6 Å². The fourth-order valence-electron chi connectivity index (χ4n) is 4.86. The number of ketones is 1. The number of aliphatic hydroxyl groups excluding tert-OH is 1. The number of hydroxylamine groups is 1. The highest BCUT2D eigenvalue weighted by molar-refractivity contribution is 5.94. The predicted octanol–water partition coefficient (Wildman–Crippen LogP) is 1.99. The number of ether oxygens (including phenoxy) is 1. The summed E-state index contributed by atoms with van der Waals surface area (Å²) in [6, 6.07) is 0. The molecule has 62 heavy (non-hydrogen) atoms. The third-order valence-electron chi connectivity index (χ3n) is 8.20. The fraction of sp³-hybridized carbons (Fsp3) is 0.632. The largest absolute Gasteiger partial charge is 0.481 e. The van der Waals surface area contributed by atoms with E-state index in [0.29, 0.717) is 5.92 Å². The molecule has 1 aliphatic carbocycles. The number of aliphatic hydroxyl groups is 2. The van der Waals surface area contributed by atoms with Gasteiger partial charge in [-0.3, -0.25) is 53.2 Å². The molecular weight excluding hydrogens is 838 g/mol. The monoisotopic (exact) mass is 899 g/mol. The van der Waals surface area contributed by atoms with Crippen molar-refractivity contribution < 1.29 is 115 Å². The lowest BCUT2D eigenvalue weighted by molar-refractivity contribution is -0.153. The van der Waals surface area contributed by atoms with Gasteiger partial charge in [-0.1, -0.05) is 19.6 Å². The number of nitrogens with one attached hydrogen (secondary N) is 1. The van der Waals surface area contributed by atoms with Gasteiger partial charge in [-0.15, -0.1) is 0 Å². The van der Waals surface area contributed by atoms with Crippen LogP contribution < -0.4 is 5.48 Å². The van der Waals surface area contributed by atoms with Crippen LogP contribution in [-0.2, 0) is 62.3 Å². The van der Waals surface area contributed by atoms with Crippen molar-refractivity contribution in [3.63, 3.8) is 0 Å². The molecule has 24 heteroatoms. The lowest BCUT2D eigenvalue weighted by Crippen LogP contribution is -2.26. The van der Waals surface area contributed by atoms with Crippen LogP contribution in [0.4, 0.5) is 0 Å². The molecule has 356 valence electrons. The number of cyclic esters (lactones) is 2. The Kier molecular flexibility index (Phi) is 37.0. The van der Waals surface area contributed by atoms with Crippen LogP contribution in [0.3, 0.4) is 0 Å². The lowest BCUT2D eigenvalue weighted by Gasteiger charge is -2.11. The van der Waals surface area contributed by atoms with Gasteiger partial charge in [0.1, 0.15) is 12.1 Å². The van der Waals surface area contributed by atoms with Crippen molar-refractivity contribution in [2.45, 2.75) is 123 Å². The maximum Gasteiger partial charge on any atom is 0.317 e. The first-order valence-electron chi connectivity index (χ1n) is 18.5. The molecule has 11 N–H and O–H groups in total. The Morgan fingerprint density at radius 2 is 1.16 bits per heavy atom. The smallest absolute Gasteiger partial charge is 0.317 e. The third-order valence-corrected chi connectivity index (χ3v) is 8.20. The molecule has 0 aromatic carbocycles. The van der Waals surface area contributed by atoms with Gasteiger partial charge < -0.3 is 60.3 Å². The van der Waals surface area contributed by atoms with Crippen LogP contribution in [0.25, 0.3) is 0 Å². The summed E-state index contributed by atoms with van der Waals surface area (Å²) in [6.07, 6.45) is 5.54. The van der Waals surface area contributed by atoms with Crippen molar-refractivity contribution in [1.29, 1.82) is 0 Å². The Morgan fingerprint density at radius 1 is 0.710 bits per heavy atom. The number of hydrogen-bond acceptors (Lipinski definition) is 16. The number of aliphatic carboxylic acids is 7. The number of allylic oxidation sites excluding steroid dienone is 2. The minimum Gasteiger partial charge on any atom is -0.481 e. The zero-order valence-corrected chi connectivity index (χ0v) is 33.3. The Morgan fingerprint density at radius 3 is 1.47 bits per heavy atom. The average Bonchev–Trinajstić information content (AvgIpc) is 3.50. The molecule has 1 heterocycles. The normalized spacial score (nSPS) is 16.0. The van der Waals surface area contributed by atoms with Gasteiger partial charge in [0.2, 0.25) is 5.91 Å². The number of carboxylic acids is 7. The molecule has 0 aromatic heterocycles. The van der Waals surface area contributed by atoms with E-state index in [1.54, 1.807) is 0 Å². The topological polar surface area (TPSA) is 428 Å². The summed E-state index contributed by atoms with van der Waals surface area (Å²) in [4.78, 5) is 125. The molecule has 0 aromatic rings. The lowest BCUT2D eigenvalue weighted by atomic mass is 9.96. The van der Waals surface area contributed by atoms with E-state index in [2.05, 4.69) is 16.9 Å². The summed E-state index contributed by atoms with van der Waals surface area (Å²) in [5, 5.41) is 84.2. The number of aldehydes is 1. The van der Waals surface area contributed by atoms with E-state index in [-0.39, 0.29) is 91.7 Å². The second-order valence-corrected chi connectivity index (χ2v) is 13.4. The summed E-state index contributed by atoms with van der Waals surface area (Å²) in [6.45, 7) is 1.29. The molecule has 0 bridgehead atoms. The van der Waals surface area contributed by atoms with E-state index in [1.165, 1.54) is 12.4 Å². The molecule has 5 atom stereocenters. The predicted molar refractivity (Wildman–Crippen MR) is 209 cm³/mol. The van der Waals surface area contributed by atoms with Crippen LogP contribution in [0.5, 0.6) is 0 Å². The minimum absolute atomic E-state index is 0. The van der Waals surface area contributed by atoms with Crippen LogP contribution in [-0.4, -0.2) is 129 Å². The van der Waals surface area contributed by atoms with E-state index in [4.69, 9.17) is 51.2 Å². The Bertz CT molecular complexity index is 1510. The standard InChI is InChI=1S/C8H14O6.C8H12O5.C7H11NO6.C7H8O5.C7H10O.CH4.H2/c9-6(10)3-1-5(8(13)14)2-4-7(11)12;1-5(9)4-6(8(12)13)2-3-7(10)11;9-5(8-14)3-4(7(12)13)1-2-6(10)11;8-5(9)2-1-4-3-6(10)12-7(4)11;8-6-7-4-2-1-3-5-7;;/h5-6,9-10H,1-4H2,(H,11,12)(H,13,14);6H,2-4H2,1H3,(H,10,11)(H,12,13);4,14H,1-3H2,(H,8,9)(H,10,11)(H,12,13);4H,1-3H2,(H,8,9);1-2,6-7H,3-5H2;1H4;1H. The number of rotatable bonds is 23. The minimum atomic E-state index is -1.54. The van der Waals surface area contributed by atoms with E-state index < -0.39 is 96.0 Å². The van der Waals surface area contributed by atoms with Gasteiger partial charge in [0, 0.05) is 45.9 Å². The Labute approximate surface area is 357 Å². The van der Waals surface area contributed by atoms with Gasteiger partial charge in [0.15, 0.2) is 6.29 Å². The number of carbonyl (C=O) groups excluding carboxylic acids is 5. The molecule has 2 rings (SSSR count). The highest BCUT2D eigenvalue weighted by Crippen LogP contribution is 2.21. The molecule has 1 fully saturated rings. The van der Waals surface area contributed by atoms with E-state index in [0.717, 1.165) is 25.5 Å². The van der Waals surface area contributed by atoms with Crippen LogP contribution in [0.1, 0.15) is 119 Å². The summed E-state index contributed by atoms with van der Waals surface area (Å²) in [5.41, 5.74) is 1.29. The zero-order valence-electron chi connectivity index (χ0n) is 33.3. The first kappa shape index (κ1) is 62.5. The van der Waals surface area contributed by atoms with E-state index in [1.807, 2.05) is 0 Å². The number of hydrogen-bond donors (Lipinski definition) is 11. The first-order chi connectivity index (χ1) is 28.4.